The van der Waals surface area contributed by atoms with Crippen LogP contribution in [0, 0.1) is 0 Å². The summed E-state index contributed by atoms with van der Waals surface area (Å²) in [5, 5.41) is 3.39. The highest BCUT2D eigenvalue weighted by Gasteiger charge is 1.99. The molecule has 0 aliphatic heterocycles. The summed E-state index contributed by atoms with van der Waals surface area (Å²) in [5.74, 6) is 1.61. The Bertz CT molecular complexity index is 277. The minimum atomic E-state index is 0.562. The highest BCUT2D eigenvalue weighted by Crippen LogP contribution is 2.20. The van der Waals surface area contributed by atoms with Crippen LogP contribution in [-0.2, 0) is 0 Å². The molecule has 84 valence electrons. The van der Waals surface area contributed by atoms with Crippen LogP contribution in [0.5, 0.6) is 0 Å². The minimum absolute atomic E-state index is 0.562. The molecular weight excluding hydrogens is 202 g/mol. The lowest BCUT2D eigenvalue weighted by Crippen LogP contribution is -2.21. The van der Waals surface area contributed by atoms with E-state index in [1.807, 2.05) is 11.8 Å². The molecule has 15 heavy (non-hydrogen) atoms. The average Bonchev–Trinajstić information content (AvgIpc) is 2.18. The highest BCUT2D eigenvalue weighted by atomic mass is 32.2. The smallest absolute Gasteiger partial charge is 0.0467 e. The van der Waals surface area contributed by atoms with Gasteiger partial charge in [-0.1, -0.05) is 39.8 Å². The molecule has 0 heterocycles. The number of hydrogen-bond acceptors (Lipinski definition) is 2. The third-order valence-corrected chi connectivity index (χ3v) is 3.19. The van der Waals surface area contributed by atoms with E-state index < -0.39 is 0 Å². The quantitative estimate of drug-likeness (QED) is 0.601. The molecule has 1 aromatic carbocycles. The van der Waals surface area contributed by atoms with E-state index in [1.165, 1.54) is 10.5 Å². The Morgan fingerprint density at radius 3 is 2.13 bits per heavy atom. The predicted octanol–water partition coefficient (Wildman–Crippen LogP) is 3.86. The summed E-state index contributed by atoms with van der Waals surface area (Å²) in [6.07, 6.45) is 0. The molecule has 0 saturated carbocycles. The molecule has 0 aliphatic rings. The topological polar surface area (TPSA) is 12.0 Å². The largest absolute Gasteiger partial charge is 0.305 e. The molecule has 0 atom stereocenters. The van der Waals surface area contributed by atoms with Gasteiger partial charge >= 0.3 is 0 Å². The van der Waals surface area contributed by atoms with Crippen LogP contribution in [0.2, 0.25) is 0 Å². The molecule has 0 radical (unpaired) electrons. The van der Waals surface area contributed by atoms with E-state index in [0.29, 0.717) is 12.0 Å². The van der Waals surface area contributed by atoms with Gasteiger partial charge in [-0.15, -0.1) is 11.8 Å². The maximum Gasteiger partial charge on any atom is 0.0467 e. The van der Waals surface area contributed by atoms with Crippen molar-refractivity contribution in [3.63, 3.8) is 0 Å². The van der Waals surface area contributed by atoms with Gasteiger partial charge < -0.3 is 5.32 Å². The molecule has 1 rings (SSSR count). The zero-order valence-corrected chi connectivity index (χ0v) is 10.9. The Morgan fingerprint density at radius 2 is 1.67 bits per heavy atom. The molecule has 0 unspecified atom stereocenters. The van der Waals surface area contributed by atoms with Gasteiger partial charge in [-0.05, 0) is 23.6 Å². The van der Waals surface area contributed by atoms with E-state index >= 15 is 0 Å². The summed E-state index contributed by atoms with van der Waals surface area (Å²) < 4.78 is 0. The van der Waals surface area contributed by atoms with Crippen molar-refractivity contribution < 1.29 is 0 Å². The summed E-state index contributed by atoms with van der Waals surface area (Å²) >= 11 is 1.86. The lowest BCUT2D eigenvalue weighted by atomic mass is 10.0. The van der Waals surface area contributed by atoms with Crippen LogP contribution < -0.4 is 5.32 Å². The predicted molar refractivity (Wildman–Crippen MR) is 69.5 cm³/mol. The van der Waals surface area contributed by atoms with Gasteiger partial charge in [0.15, 0.2) is 0 Å². The third-order valence-electron chi connectivity index (χ3n) is 2.28. The van der Waals surface area contributed by atoms with Crippen LogP contribution in [0.1, 0.15) is 39.2 Å². The van der Waals surface area contributed by atoms with Crippen LogP contribution in [0.15, 0.2) is 29.2 Å². The van der Waals surface area contributed by atoms with E-state index in [0.717, 1.165) is 5.88 Å². The second-order valence-electron chi connectivity index (χ2n) is 4.37. The molecule has 0 spiro atoms. The fraction of sp³-hybridized carbons (Fsp3) is 0.538. The molecule has 2 heteroatoms. The fourth-order valence-electron chi connectivity index (χ4n) is 1.24. The highest BCUT2D eigenvalue weighted by molar-refractivity contribution is 7.99. The summed E-state index contributed by atoms with van der Waals surface area (Å²) in [5.41, 5.74) is 1.41. The zero-order valence-electron chi connectivity index (χ0n) is 10.1. The molecule has 1 N–H and O–H groups in total. The van der Waals surface area contributed by atoms with Crippen LogP contribution in [0.4, 0.5) is 0 Å². The second-order valence-corrected chi connectivity index (χ2v) is 5.42. The number of hydrogen-bond donors (Lipinski definition) is 1. The van der Waals surface area contributed by atoms with Crippen molar-refractivity contribution in [2.75, 3.05) is 5.88 Å². The van der Waals surface area contributed by atoms with Crippen molar-refractivity contribution in [3.05, 3.63) is 29.8 Å². The molecule has 0 fully saturated rings. The van der Waals surface area contributed by atoms with Gasteiger partial charge in [-0.25, -0.2) is 0 Å². The molecule has 1 nitrogen and oxygen atoms in total. The third kappa shape index (κ3) is 4.72. The van der Waals surface area contributed by atoms with Crippen molar-refractivity contribution in [1.82, 2.24) is 5.32 Å². The maximum absolute atomic E-state index is 3.39. The monoisotopic (exact) mass is 223 g/mol. The lowest BCUT2D eigenvalue weighted by Gasteiger charge is -2.09. The number of nitrogens with one attached hydrogen (secondary N) is 1. The molecule has 0 amide bonds. The average molecular weight is 223 g/mol. The molecule has 1 aromatic rings. The standard InChI is InChI=1S/C13H21NS/c1-10(2)12-5-7-13(8-6-12)15-9-14-11(3)4/h5-8,10-11,14H,9H2,1-4H3. The van der Waals surface area contributed by atoms with E-state index in [1.54, 1.807) is 0 Å². The Kier molecular flexibility index (Phi) is 5.20. The van der Waals surface area contributed by atoms with E-state index in [4.69, 9.17) is 0 Å². The van der Waals surface area contributed by atoms with Crippen molar-refractivity contribution in [2.24, 2.45) is 0 Å². The summed E-state index contributed by atoms with van der Waals surface area (Å²) in [6.45, 7) is 8.79. The van der Waals surface area contributed by atoms with Crippen molar-refractivity contribution >= 4 is 11.8 Å². The Labute approximate surface area is 97.7 Å². The fourth-order valence-corrected chi connectivity index (χ4v) is 2.15. The molecule has 0 aliphatic carbocycles. The zero-order chi connectivity index (χ0) is 11.3. The second kappa shape index (κ2) is 6.19. The number of benzene rings is 1. The van der Waals surface area contributed by atoms with Crippen LogP contribution in [-0.4, -0.2) is 11.9 Å². The number of thioether (sulfide) groups is 1. The van der Waals surface area contributed by atoms with Crippen LogP contribution in [0.3, 0.4) is 0 Å². The number of rotatable bonds is 5. The first-order valence-corrected chi connectivity index (χ1v) is 6.54. The van der Waals surface area contributed by atoms with E-state index in [-0.39, 0.29) is 0 Å². The van der Waals surface area contributed by atoms with Gasteiger partial charge in [0, 0.05) is 16.8 Å². The Hall–Kier alpha value is -0.470. The van der Waals surface area contributed by atoms with Gasteiger partial charge in [-0.2, -0.15) is 0 Å². The van der Waals surface area contributed by atoms with Gasteiger partial charge in [-0.3, -0.25) is 0 Å². The summed E-state index contributed by atoms with van der Waals surface area (Å²) in [6, 6.07) is 9.43. The SMILES string of the molecule is CC(C)NCSc1ccc(C(C)C)cc1. The van der Waals surface area contributed by atoms with E-state index in [2.05, 4.69) is 57.3 Å². The Balaban J connectivity index is 2.43. The van der Waals surface area contributed by atoms with Gasteiger partial charge in [0.2, 0.25) is 0 Å². The summed E-state index contributed by atoms with van der Waals surface area (Å²) in [4.78, 5) is 1.34. The maximum atomic E-state index is 3.39. The first-order chi connectivity index (χ1) is 7.09. The first-order valence-electron chi connectivity index (χ1n) is 5.55. The first kappa shape index (κ1) is 12.6. The van der Waals surface area contributed by atoms with Gasteiger partial charge in [0.1, 0.15) is 0 Å². The molecular formula is C13H21NS. The molecule has 0 saturated heterocycles. The van der Waals surface area contributed by atoms with Crippen molar-refractivity contribution in [3.8, 4) is 0 Å². The molecule has 0 aromatic heterocycles. The van der Waals surface area contributed by atoms with Gasteiger partial charge in [0.25, 0.3) is 0 Å². The Morgan fingerprint density at radius 1 is 1.07 bits per heavy atom. The van der Waals surface area contributed by atoms with Crippen LogP contribution in [0.25, 0.3) is 0 Å². The van der Waals surface area contributed by atoms with Gasteiger partial charge in [0.05, 0.1) is 0 Å². The van der Waals surface area contributed by atoms with Crippen LogP contribution >= 0.6 is 11.8 Å². The lowest BCUT2D eigenvalue weighted by molar-refractivity contribution is 0.654. The van der Waals surface area contributed by atoms with E-state index in [9.17, 15) is 0 Å². The normalized spacial score (nSPS) is 11.3. The summed E-state index contributed by atoms with van der Waals surface area (Å²) in [7, 11) is 0. The van der Waals surface area contributed by atoms with Crippen molar-refractivity contribution in [2.45, 2.75) is 44.6 Å². The van der Waals surface area contributed by atoms with Crippen molar-refractivity contribution in [1.29, 1.82) is 0 Å². The minimum Gasteiger partial charge on any atom is -0.305 e. The molecule has 0 bridgehead atoms.